The highest BCUT2D eigenvalue weighted by Crippen LogP contribution is 2.21. The summed E-state index contributed by atoms with van der Waals surface area (Å²) in [6, 6.07) is 6.10. The van der Waals surface area contributed by atoms with Gasteiger partial charge in [0.15, 0.2) is 0 Å². The van der Waals surface area contributed by atoms with E-state index in [1.54, 1.807) is 18.3 Å². The van der Waals surface area contributed by atoms with Gasteiger partial charge in [-0.3, -0.25) is 4.79 Å². The van der Waals surface area contributed by atoms with Crippen molar-refractivity contribution < 1.29 is 14.3 Å². The van der Waals surface area contributed by atoms with Crippen LogP contribution in [0.15, 0.2) is 30.5 Å². The van der Waals surface area contributed by atoms with Gasteiger partial charge in [-0.25, -0.2) is 9.37 Å². The first-order chi connectivity index (χ1) is 8.16. The number of aliphatic carboxylic acids is 1. The van der Waals surface area contributed by atoms with E-state index in [0.29, 0.717) is 12.4 Å². The van der Waals surface area contributed by atoms with Gasteiger partial charge in [0.25, 0.3) is 0 Å². The van der Waals surface area contributed by atoms with Crippen LogP contribution in [0.3, 0.4) is 0 Å². The quantitative estimate of drug-likeness (QED) is 0.851. The number of pyridine rings is 1. The zero-order valence-corrected chi connectivity index (χ0v) is 8.98. The van der Waals surface area contributed by atoms with Gasteiger partial charge in [0.1, 0.15) is 11.6 Å². The van der Waals surface area contributed by atoms with Crippen LogP contribution in [0.1, 0.15) is 6.42 Å². The van der Waals surface area contributed by atoms with E-state index in [-0.39, 0.29) is 12.2 Å². The van der Waals surface area contributed by atoms with Crippen LogP contribution >= 0.6 is 0 Å². The maximum absolute atomic E-state index is 13.0. The van der Waals surface area contributed by atoms with Gasteiger partial charge in [-0.15, -0.1) is 0 Å². The molecule has 2 aromatic rings. The van der Waals surface area contributed by atoms with Crippen molar-refractivity contribution in [3.63, 3.8) is 0 Å². The molecule has 0 fully saturated rings. The molecule has 0 bridgehead atoms. The van der Waals surface area contributed by atoms with Crippen LogP contribution in [0.4, 0.5) is 10.2 Å². The van der Waals surface area contributed by atoms with Gasteiger partial charge >= 0.3 is 5.97 Å². The number of aromatic nitrogens is 1. The molecule has 0 atom stereocenters. The molecular weight excluding hydrogens is 223 g/mol. The Hall–Kier alpha value is -2.17. The molecule has 1 heterocycles. The number of carboxylic acids is 1. The molecular formula is C12H11FN2O2. The normalized spacial score (nSPS) is 10.4. The Morgan fingerprint density at radius 2 is 2.24 bits per heavy atom. The molecule has 0 aliphatic rings. The van der Waals surface area contributed by atoms with Gasteiger partial charge in [0, 0.05) is 18.1 Å². The lowest BCUT2D eigenvalue weighted by Gasteiger charge is -2.07. The number of halogens is 1. The molecule has 17 heavy (non-hydrogen) atoms. The number of nitrogens with one attached hydrogen (secondary N) is 1. The number of carbonyl (C=O) groups is 1. The van der Waals surface area contributed by atoms with Gasteiger partial charge < -0.3 is 10.4 Å². The molecule has 5 heteroatoms. The van der Waals surface area contributed by atoms with E-state index in [1.165, 1.54) is 12.1 Å². The minimum Gasteiger partial charge on any atom is -0.481 e. The molecule has 0 aliphatic carbocycles. The highest BCUT2D eigenvalue weighted by atomic mass is 19.1. The fourth-order valence-electron chi connectivity index (χ4n) is 1.58. The summed E-state index contributed by atoms with van der Waals surface area (Å²) >= 11 is 0. The maximum Gasteiger partial charge on any atom is 0.305 e. The van der Waals surface area contributed by atoms with Crippen molar-refractivity contribution in [1.82, 2.24) is 4.98 Å². The van der Waals surface area contributed by atoms with Crippen molar-refractivity contribution in [3.8, 4) is 0 Å². The van der Waals surface area contributed by atoms with Crippen LogP contribution in [0.5, 0.6) is 0 Å². The van der Waals surface area contributed by atoms with Crippen LogP contribution < -0.4 is 5.32 Å². The molecule has 4 nitrogen and oxygen atoms in total. The highest BCUT2D eigenvalue weighted by molar-refractivity contribution is 5.91. The molecule has 0 saturated heterocycles. The van der Waals surface area contributed by atoms with Crippen LogP contribution in [0.2, 0.25) is 0 Å². The van der Waals surface area contributed by atoms with Gasteiger partial charge in [0.2, 0.25) is 0 Å². The van der Waals surface area contributed by atoms with Gasteiger partial charge in [-0.2, -0.15) is 0 Å². The average molecular weight is 234 g/mol. The van der Waals surface area contributed by atoms with Crippen molar-refractivity contribution in [3.05, 3.63) is 36.3 Å². The largest absolute Gasteiger partial charge is 0.481 e. The second kappa shape index (κ2) is 4.78. The van der Waals surface area contributed by atoms with Crippen LogP contribution in [-0.2, 0) is 4.79 Å². The highest BCUT2D eigenvalue weighted by Gasteiger charge is 2.03. The summed E-state index contributed by atoms with van der Waals surface area (Å²) in [7, 11) is 0. The summed E-state index contributed by atoms with van der Waals surface area (Å²) in [5.41, 5.74) is 0. The topological polar surface area (TPSA) is 62.2 Å². The number of benzene rings is 1. The zero-order chi connectivity index (χ0) is 12.3. The van der Waals surface area contributed by atoms with Gasteiger partial charge in [0.05, 0.1) is 6.42 Å². The smallest absolute Gasteiger partial charge is 0.305 e. The third-order valence-electron chi connectivity index (χ3n) is 2.36. The van der Waals surface area contributed by atoms with Crippen molar-refractivity contribution in [2.75, 3.05) is 11.9 Å². The standard InChI is InChI=1S/C12H11FN2O2/c13-9-1-2-10-8(7-9)3-5-14-12(10)15-6-4-11(16)17/h1-3,5,7H,4,6H2,(H,14,15)(H,16,17). The third-order valence-corrected chi connectivity index (χ3v) is 2.36. The SMILES string of the molecule is O=C(O)CCNc1nccc2cc(F)ccc12. The maximum atomic E-state index is 13.0. The molecule has 0 amide bonds. The summed E-state index contributed by atoms with van der Waals surface area (Å²) in [5.74, 6) is -0.604. The van der Waals surface area contributed by atoms with Crippen molar-refractivity contribution in [2.24, 2.45) is 0 Å². The average Bonchev–Trinajstić information content (AvgIpc) is 2.28. The third kappa shape index (κ3) is 2.69. The Balaban J connectivity index is 2.25. The fourth-order valence-corrected chi connectivity index (χ4v) is 1.58. The predicted molar refractivity (Wildman–Crippen MR) is 62.4 cm³/mol. The zero-order valence-electron chi connectivity index (χ0n) is 8.98. The van der Waals surface area contributed by atoms with E-state index < -0.39 is 5.97 Å². The first-order valence-electron chi connectivity index (χ1n) is 5.17. The fraction of sp³-hybridized carbons (Fsp3) is 0.167. The van der Waals surface area contributed by atoms with Crippen molar-refractivity contribution in [2.45, 2.75) is 6.42 Å². The molecule has 0 unspecified atom stereocenters. The van der Waals surface area contributed by atoms with Crippen LogP contribution in [0, 0.1) is 5.82 Å². The molecule has 0 saturated carbocycles. The monoisotopic (exact) mass is 234 g/mol. The number of carboxylic acid groups (broad SMARTS) is 1. The number of anilines is 1. The minimum atomic E-state index is -0.871. The predicted octanol–water partition coefficient (Wildman–Crippen LogP) is 2.26. The first kappa shape index (κ1) is 11.3. The molecule has 88 valence electrons. The lowest BCUT2D eigenvalue weighted by molar-refractivity contribution is -0.136. The lowest BCUT2D eigenvalue weighted by Crippen LogP contribution is -2.08. The Morgan fingerprint density at radius 1 is 1.41 bits per heavy atom. The second-order valence-corrected chi connectivity index (χ2v) is 3.60. The Kier molecular flexibility index (Phi) is 3.18. The number of rotatable bonds is 4. The number of fused-ring (bicyclic) bond motifs is 1. The lowest BCUT2D eigenvalue weighted by atomic mass is 10.1. The van der Waals surface area contributed by atoms with E-state index >= 15 is 0 Å². The van der Waals surface area contributed by atoms with Gasteiger partial charge in [-0.1, -0.05) is 0 Å². The van der Waals surface area contributed by atoms with Crippen LogP contribution in [-0.4, -0.2) is 22.6 Å². The molecule has 2 rings (SSSR count). The Labute approximate surface area is 97.1 Å². The molecule has 2 N–H and O–H groups in total. The first-order valence-corrected chi connectivity index (χ1v) is 5.17. The van der Waals surface area contributed by atoms with Gasteiger partial charge in [-0.05, 0) is 29.7 Å². The molecule has 1 aromatic heterocycles. The number of nitrogens with zero attached hydrogens (tertiary/aromatic N) is 1. The van der Waals surface area contributed by atoms with E-state index in [2.05, 4.69) is 10.3 Å². The summed E-state index contributed by atoms with van der Waals surface area (Å²) < 4.78 is 13.0. The number of hydrogen-bond donors (Lipinski definition) is 2. The van der Waals surface area contributed by atoms with Crippen molar-refractivity contribution in [1.29, 1.82) is 0 Å². The van der Waals surface area contributed by atoms with Crippen molar-refractivity contribution >= 4 is 22.6 Å². The van der Waals surface area contributed by atoms with Crippen LogP contribution in [0.25, 0.3) is 10.8 Å². The van der Waals surface area contributed by atoms with E-state index in [1.807, 2.05) is 0 Å². The Bertz CT molecular complexity index is 557. The van der Waals surface area contributed by atoms with E-state index in [9.17, 15) is 9.18 Å². The summed E-state index contributed by atoms with van der Waals surface area (Å²) in [6.07, 6.45) is 1.57. The number of hydrogen-bond acceptors (Lipinski definition) is 3. The second-order valence-electron chi connectivity index (χ2n) is 3.60. The minimum absolute atomic E-state index is 0.0132. The Morgan fingerprint density at radius 3 is 3.00 bits per heavy atom. The molecule has 1 aromatic carbocycles. The summed E-state index contributed by atoms with van der Waals surface area (Å²) in [4.78, 5) is 14.5. The van der Waals surface area contributed by atoms with E-state index in [0.717, 1.165) is 10.8 Å². The molecule has 0 aliphatic heterocycles. The molecule has 0 spiro atoms. The summed E-state index contributed by atoms with van der Waals surface area (Å²) in [5, 5.41) is 13.0. The molecule has 0 radical (unpaired) electrons. The van der Waals surface area contributed by atoms with E-state index in [4.69, 9.17) is 5.11 Å². The summed E-state index contributed by atoms with van der Waals surface area (Å²) in [6.45, 7) is 0.290.